The molecule has 0 heterocycles. The first kappa shape index (κ1) is 13.6. The van der Waals surface area contributed by atoms with Crippen LogP contribution in [0.4, 0.5) is 0 Å². The molecule has 0 bridgehead atoms. The number of halogens is 1. The standard InChI is InChI=1S/C16H16ClNO/c1-11(2)18-16(19)14-5-3-12(4-6-14)13-7-9-15(17)10-8-13/h3-11H,1-2H3,(H,18,19). The monoisotopic (exact) mass is 273 g/mol. The molecule has 0 aliphatic carbocycles. The highest BCUT2D eigenvalue weighted by atomic mass is 35.5. The fourth-order valence-corrected chi connectivity index (χ4v) is 1.93. The molecule has 2 aromatic rings. The second-order valence-corrected chi connectivity index (χ2v) is 5.15. The molecule has 0 fully saturated rings. The van der Waals surface area contributed by atoms with Crippen molar-refractivity contribution in [2.45, 2.75) is 19.9 Å². The van der Waals surface area contributed by atoms with Gasteiger partial charge in [0.15, 0.2) is 0 Å². The Kier molecular flexibility index (Phi) is 4.23. The number of amides is 1. The number of nitrogens with one attached hydrogen (secondary N) is 1. The van der Waals surface area contributed by atoms with Crippen LogP contribution in [0.15, 0.2) is 48.5 Å². The number of hydrogen-bond acceptors (Lipinski definition) is 1. The van der Waals surface area contributed by atoms with E-state index in [-0.39, 0.29) is 11.9 Å². The number of rotatable bonds is 3. The lowest BCUT2D eigenvalue weighted by Gasteiger charge is -2.09. The molecule has 2 aromatic carbocycles. The SMILES string of the molecule is CC(C)NC(=O)c1ccc(-c2ccc(Cl)cc2)cc1. The maximum atomic E-state index is 11.8. The normalized spacial score (nSPS) is 10.5. The van der Waals surface area contributed by atoms with Crippen LogP contribution in [0.25, 0.3) is 11.1 Å². The summed E-state index contributed by atoms with van der Waals surface area (Å²) < 4.78 is 0. The van der Waals surface area contributed by atoms with Crippen molar-refractivity contribution >= 4 is 17.5 Å². The summed E-state index contributed by atoms with van der Waals surface area (Å²) in [5.74, 6) is -0.0438. The smallest absolute Gasteiger partial charge is 0.251 e. The van der Waals surface area contributed by atoms with Gasteiger partial charge in [0, 0.05) is 16.6 Å². The molecule has 0 saturated carbocycles. The minimum Gasteiger partial charge on any atom is -0.350 e. The Labute approximate surface area is 118 Å². The zero-order valence-corrected chi connectivity index (χ0v) is 11.7. The van der Waals surface area contributed by atoms with Crippen molar-refractivity contribution in [3.63, 3.8) is 0 Å². The molecular weight excluding hydrogens is 258 g/mol. The Bertz CT molecular complexity index is 558. The van der Waals surface area contributed by atoms with Crippen molar-refractivity contribution in [1.29, 1.82) is 0 Å². The molecule has 98 valence electrons. The summed E-state index contributed by atoms with van der Waals surface area (Å²) in [6.07, 6.45) is 0. The topological polar surface area (TPSA) is 29.1 Å². The van der Waals surface area contributed by atoms with Crippen molar-refractivity contribution in [3.05, 3.63) is 59.1 Å². The van der Waals surface area contributed by atoms with E-state index in [0.29, 0.717) is 5.56 Å². The molecule has 1 amide bonds. The maximum absolute atomic E-state index is 11.8. The van der Waals surface area contributed by atoms with E-state index in [1.165, 1.54) is 0 Å². The molecular formula is C16H16ClNO. The van der Waals surface area contributed by atoms with Crippen LogP contribution in [0.5, 0.6) is 0 Å². The summed E-state index contributed by atoms with van der Waals surface area (Å²) in [6, 6.07) is 15.3. The van der Waals surface area contributed by atoms with E-state index in [1.54, 1.807) is 0 Å². The average Bonchev–Trinajstić information content (AvgIpc) is 2.39. The molecule has 0 saturated heterocycles. The Hall–Kier alpha value is -1.80. The van der Waals surface area contributed by atoms with Gasteiger partial charge in [-0.2, -0.15) is 0 Å². The Morgan fingerprint density at radius 1 is 0.947 bits per heavy atom. The van der Waals surface area contributed by atoms with Crippen LogP contribution >= 0.6 is 11.6 Å². The molecule has 2 nitrogen and oxygen atoms in total. The van der Waals surface area contributed by atoms with E-state index in [4.69, 9.17) is 11.6 Å². The van der Waals surface area contributed by atoms with E-state index < -0.39 is 0 Å². The molecule has 0 unspecified atom stereocenters. The second kappa shape index (κ2) is 5.89. The lowest BCUT2D eigenvalue weighted by Crippen LogP contribution is -2.29. The summed E-state index contributed by atoms with van der Waals surface area (Å²) in [6.45, 7) is 3.89. The summed E-state index contributed by atoms with van der Waals surface area (Å²) in [7, 11) is 0. The summed E-state index contributed by atoms with van der Waals surface area (Å²) in [4.78, 5) is 11.8. The van der Waals surface area contributed by atoms with Crippen LogP contribution in [0.1, 0.15) is 24.2 Å². The predicted molar refractivity (Wildman–Crippen MR) is 79.5 cm³/mol. The first-order valence-electron chi connectivity index (χ1n) is 6.23. The fourth-order valence-electron chi connectivity index (χ4n) is 1.80. The van der Waals surface area contributed by atoms with Gasteiger partial charge in [-0.1, -0.05) is 35.9 Å². The third-order valence-corrected chi connectivity index (χ3v) is 3.00. The largest absolute Gasteiger partial charge is 0.350 e. The highest BCUT2D eigenvalue weighted by Crippen LogP contribution is 2.21. The Morgan fingerprint density at radius 3 is 1.89 bits per heavy atom. The van der Waals surface area contributed by atoms with Gasteiger partial charge in [-0.25, -0.2) is 0 Å². The van der Waals surface area contributed by atoms with Gasteiger partial charge in [0.05, 0.1) is 0 Å². The molecule has 0 aliphatic rings. The lowest BCUT2D eigenvalue weighted by atomic mass is 10.0. The molecule has 0 aliphatic heterocycles. The van der Waals surface area contributed by atoms with Gasteiger partial charge < -0.3 is 5.32 Å². The minimum atomic E-state index is -0.0438. The van der Waals surface area contributed by atoms with Crippen LogP contribution in [0.3, 0.4) is 0 Å². The fraction of sp³-hybridized carbons (Fsp3) is 0.188. The van der Waals surface area contributed by atoms with Crippen LogP contribution in [-0.2, 0) is 0 Å². The Morgan fingerprint density at radius 2 is 1.42 bits per heavy atom. The van der Waals surface area contributed by atoms with Crippen molar-refractivity contribution in [1.82, 2.24) is 5.32 Å². The molecule has 0 radical (unpaired) electrons. The van der Waals surface area contributed by atoms with Gasteiger partial charge in [0.25, 0.3) is 5.91 Å². The number of benzene rings is 2. The minimum absolute atomic E-state index is 0.0438. The first-order chi connectivity index (χ1) is 9.06. The summed E-state index contributed by atoms with van der Waals surface area (Å²) in [5, 5.41) is 3.59. The quantitative estimate of drug-likeness (QED) is 0.894. The average molecular weight is 274 g/mol. The molecule has 0 atom stereocenters. The molecule has 0 aromatic heterocycles. The van der Waals surface area contributed by atoms with Gasteiger partial charge in [-0.15, -0.1) is 0 Å². The van der Waals surface area contributed by atoms with Crippen molar-refractivity contribution < 1.29 is 4.79 Å². The van der Waals surface area contributed by atoms with E-state index in [2.05, 4.69) is 5.32 Å². The van der Waals surface area contributed by atoms with Crippen molar-refractivity contribution in [3.8, 4) is 11.1 Å². The van der Waals surface area contributed by atoms with Crippen LogP contribution in [0.2, 0.25) is 5.02 Å². The molecule has 2 rings (SSSR count). The van der Waals surface area contributed by atoms with Gasteiger partial charge in [0.1, 0.15) is 0 Å². The zero-order valence-electron chi connectivity index (χ0n) is 11.0. The van der Waals surface area contributed by atoms with Gasteiger partial charge in [0.2, 0.25) is 0 Å². The third kappa shape index (κ3) is 3.58. The molecule has 1 N–H and O–H groups in total. The number of carbonyl (C=O) groups is 1. The highest BCUT2D eigenvalue weighted by molar-refractivity contribution is 6.30. The number of hydrogen-bond donors (Lipinski definition) is 1. The van der Waals surface area contributed by atoms with Crippen LogP contribution in [-0.4, -0.2) is 11.9 Å². The molecule has 3 heteroatoms. The Balaban J connectivity index is 2.18. The zero-order chi connectivity index (χ0) is 13.8. The summed E-state index contributed by atoms with van der Waals surface area (Å²) in [5.41, 5.74) is 2.82. The number of carbonyl (C=O) groups excluding carboxylic acids is 1. The van der Waals surface area contributed by atoms with E-state index in [1.807, 2.05) is 62.4 Å². The van der Waals surface area contributed by atoms with Gasteiger partial charge in [-0.05, 0) is 49.2 Å². The first-order valence-corrected chi connectivity index (χ1v) is 6.61. The van der Waals surface area contributed by atoms with Crippen LogP contribution < -0.4 is 5.32 Å². The van der Waals surface area contributed by atoms with Gasteiger partial charge >= 0.3 is 0 Å². The lowest BCUT2D eigenvalue weighted by molar-refractivity contribution is 0.0943. The van der Waals surface area contributed by atoms with E-state index in [0.717, 1.165) is 16.1 Å². The van der Waals surface area contributed by atoms with Crippen molar-refractivity contribution in [2.24, 2.45) is 0 Å². The van der Waals surface area contributed by atoms with E-state index in [9.17, 15) is 4.79 Å². The predicted octanol–water partition coefficient (Wildman–Crippen LogP) is 4.15. The van der Waals surface area contributed by atoms with Gasteiger partial charge in [-0.3, -0.25) is 4.79 Å². The summed E-state index contributed by atoms with van der Waals surface area (Å²) >= 11 is 5.86. The highest BCUT2D eigenvalue weighted by Gasteiger charge is 2.06. The van der Waals surface area contributed by atoms with Crippen molar-refractivity contribution in [2.75, 3.05) is 0 Å². The molecule has 0 spiro atoms. The third-order valence-electron chi connectivity index (χ3n) is 2.74. The maximum Gasteiger partial charge on any atom is 0.251 e. The van der Waals surface area contributed by atoms with Crippen LogP contribution in [0, 0.1) is 0 Å². The second-order valence-electron chi connectivity index (χ2n) is 4.71. The molecule has 19 heavy (non-hydrogen) atoms. The van der Waals surface area contributed by atoms with E-state index >= 15 is 0 Å².